The first-order valence-corrected chi connectivity index (χ1v) is 10.1. The molecule has 0 saturated carbocycles. The van der Waals surface area contributed by atoms with Crippen LogP contribution in [0.5, 0.6) is 0 Å². The number of carbonyl (C=O) groups excluding carboxylic acids is 1. The van der Waals surface area contributed by atoms with E-state index < -0.39 is 0 Å². The molecule has 7 nitrogen and oxygen atoms in total. The van der Waals surface area contributed by atoms with Crippen LogP contribution in [0, 0.1) is 0 Å². The lowest BCUT2D eigenvalue weighted by Crippen LogP contribution is -2.18. The number of nitrogens with one attached hydrogen (secondary N) is 2. The minimum atomic E-state index is -0.217. The lowest BCUT2D eigenvalue weighted by molar-refractivity contribution is 0.102. The molecule has 1 saturated heterocycles. The number of hydrogen-bond donors (Lipinski definition) is 2. The average Bonchev–Trinajstić information content (AvgIpc) is 3.48. The zero-order valence-corrected chi connectivity index (χ0v) is 15.9. The zero-order valence-electron chi connectivity index (χ0n) is 15.1. The normalized spacial score (nSPS) is 13.9. The van der Waals surface area contributed by atoms with E-state index in [1.165, 1.54) is 24.2 Å². The third-order valence-electron chi connectivity index (χ3n) is 4.86. The largest absolute Gasteiger partial charge is 0.357 e. The van der Waals surface area contributed by atoms with Crippen LogP contribution in [0.3, 0.4) is 0 Å². The molecule has 3 aromatic heterocycles. The topological polar surface area (TPSA) is 86.8 Å². The number of amides is 1. The van der Waals surface area contributed by atoms with Crippen molar-refractivity contribution in [2.75, 3.05) is 23.3 Å². The molecule has 2 N–H and O–H groups in total. The first-order valence-electron chi connectivity index (χ1n) is 9.19. The van der Waals surface area contributed by atoms with Crippen molar-refractivity contribution in [3.63, 3.8) is 0 Å². The summed E-state index contributed by atoms with van der Waals surface area (Å²) in [5.74, 6) is 1.48. The summed E-state index contributed by atoms with van der Waals surface area (Å²) in [6.45, 7) is 2.08. The van der Waals surface area contributed by atoms with Crippen LogP contribution in [-0.2, 0) is 0 Å². The second-order valence-electron chi connectivity index (χ2n) is 6.68. The molecule has 140 valence electrons. The molecule has 8 heteroatoms. The van der Waals surface area contributed by atoms with E-state index in [4.69, 9.17) is 4.98 Å². The number of aromatic amines is 1. The fraction of sp³-hybridized carbons (Fsp3) is 0.200. The van der Waals surface area contributed by atoms with Gasteiger partial charge in [0.05, 0.1) is 11.1 Å². The third-order valence-corrected chi connectivity index (χ3v) is 5.55. The molecule has 4 heterocycles. The van der Waals surface area contributed by atoms with Gasteiger partial charge in [-0.25, -0.2) is 15.0 Å². The summed E-state index contributed by atoms with van der Waals surface area (Å²) in [6, 6.07) is 9.54. The van der Waals surface area contributed by atoms with Crippen LogP contribution < -0.4 is 10.2 Å². The van der Waals surface area contributed by atoms with Crippen LogP contribution >= 0.6 is 11.3 Å². The number of rotatable bonds is 4. The molecule has 5 rings (SSSR count). The highest BCUT2D eigenvalue weighted by molar-refractivity contribution is 7.13. The lowest BCUT2D eigenvalue weighted by atomic mass is 10.2. The minimum Gasteiger partial charge on any atom is -0.357 e. The Kier molecular flexibility index (Phi) is 4.25. The predicted molar refractivity (Wildman–Crippen MR) is 111 cm³/mol. The number of hydrogen-bond acceptors (Lipinski definition) is 6. The predicted octanol–water partition coefficient (Wildman–Crippen LogP) is 3.93. The number of H-pyrrole nitrogens is 1. The fourth-order valence-electron chi connectivity index (χ4n) is 3.49. The highest BCUT2D eigenvalue weighted by atomic mass is 32.1. The molecule has 0 aliphatic carbocycles. The van der Waals surface area contributed by atoms with Crippen molar-refractivity contribution >= 4 is 39.2 Å². The monoisotopic (exact) mass is 390 g/mol. The van der Waals surface area contributed by atoms with E-state index in [9.17, 15) is 4.79 Å². The highest BCUT2D eigenvalue weighted by Gasteiger charge is 2.17. The lowest BCUT2D eigenvalue weighted by Gasteiger charge is -2.16. The number of carbonyl (C=O) groups is 1. The summed E-state index contributed by atoms with van der Waals surface area (Å²) in [5.41, 5.74) is 2.94. The summed E-state index contributed by atoms with van der Waals surface area (Å²) in [5, 5.41) is 5.22. The van der Waals surface area contributed by atoms with E-state index in [1.807, 2.05) is 29.8 Å². The van der Waals surface area contributed by atoms with Gasteiger partial charge < -0.3 is 9.88 Å². The van der Waals surface area contributed by atoms with Gasteiger partial charge in [-0.3, -0.25) is 10.1 Å². The number of pyridine rings is 1. The second-order valence-corrected chi connectivity index (χ2v) is 7.57. The van der Waals surface area contributed by atoms with Crippen LogP contribution in [0.4, 0.5) is 10.9 Å². The van der Waals surface area contributed by atoms with Gasteiger partial charge in [0.15, 0.2) is 5.13 Å². The Balaban J connectivity index is 1.50. The van der Waals surface area contributed by atoms with Gasteiger partial charge in [-0.15, -0.1) is 11.3 Å². The number of imidazole rings is 1. The Morgan fingerprint density at radius 2 is 2.04 bits per heavy atom. The minimum absolute atomic E-state index is 0.217. The van der Waals surface area contributed by atoms with Crippen LogP contribution in [-0.4, -0.2) is 38.9 Å². The Labute approximate surface area is 165 Å². The van der Waals surface area contributed by atoms with Gasteiger partial charge in [-0.05, 0) is 37.1 Å². The Morgan fingerprint density at radius 3 is 2.86 bits per heavy atom. The molecular formula is C20H18N6OS. The van der Waals surface area contributed by atoms with E-state index >= 15 is 0 Å². The maximum atomic E-state index is 12.7. The molecule has 0 spiro atoms. The first kappa shape index (κ1) is 16.9. The molecule has 28 heavy (non-hydrogen) atoms. The van der Waals surface area contributed by atoms with Gasteiger partial charge >= 0.3 is 0 Å². The molecular weight excluding hydrogens is 372 g/mol. The summed E-state index contributed by atoms with van der Waals surface area (Å²) in [4.78, 5) is 31.6. The highest BCUT2D eigenvalue weighted by Crippen LogP contribution is 2.27. The van der Waals surface area contributed by atoms with Crippen LogP contribution in [0.1, 0.15) is 23.2 Å². The number of aromatic nitrogens is 4. The van der Waals surface area contributed by atoms with E-state index in [1.54, 1.807) is 12.3 Å². The number of fused-ring (bicyclic) bond motifs is 1. The molecule has 0 unspecified atom stereocenters. The number of thiazole rings is 1. The molecule has 0 radical (unpaired) electrons. The molecule has 0 atom stereocenters. The Hall–Kier alpha value is -3.26. The third kappa shape index (κ3) is 3.11. The average molecular weight is 390 g/mol. The summed E-state index contributed by atoms with van der Waals surface area (Å²) >= 11 is 1.38. The second kappa shape index (κ2) is 7.05. The van der Waals surface area contributed by atoms with Gasteiger partial charge in [0, 0.05) is 36.4 Å². The van der Waals surface area contributed by atoms with Crippen LogP contribution in [0.25, 0.3) is 22.4 Å². The van der Waals surface area contributed by atoms with Crippen molar-refractivity contribution in [1.29, 1.82) is 0 Å². The van der Waals surface area contributed by atoms with Gasteiger partial charge in [0.2, 0.25) is 0 Å². The maximum absolute atomic E-state index is 12.7. The van der Waals surface area contributed by atoms with Crippen molar-refractivity contribution in [3.8, 4) is 11.4 Å². The standard InChI is InChI=1S/C20H18N6OS/c27-19(25-20-22-8-11-28-20)14-4-3-5-15-17(14)24-18(23-15)13-6-7-21-16(12-13)26-9-1-2-10-26/h3-8,11-12H,1-2,9-10H2,(H,23,24)(H,22,25,27). The van der Waals surface area contributed by atoms with Gasteiger partial charge in [0.25, 0.3) is 5.91 Å². The van der Waals surface area contributed by atoms with E-state index in [0.717, 1.165) is 35.8 Å². The number of anilines is 2. The van der Waals surface area contributed by atoms with Crippen LogP contribution in [0.15, 0.2) is 48.1 Å². The molecule has 1 aliphatic heterocycles. The number of benzene rings is 1. The van der Waals surface area contributed by atoms with Gasteiger partial charge in [0.1, 0.15) is 17.2 Å². The Morgan fingerprint density at radius 1 is 1.14 bits per heavy atom. The maximum Gasteiger partial charge on any atom is 0.259 e. The van der Waals surface area contributed by atoms with Crippen molar-refractivity contribution in [2.24, 2.45) is 0 Å². The smallest absolute Gasteiger partial charge is 0.259 e. The SMILES string of the molecule is O=C(Nc1nccs1)c1cccc2[nH]c(-c3ccnc(N4CCCC4)c3)nc12. The number of nitrogens with zero attached hydrogens (tertiary/aromatic N) is 4. The quantitative estimate of drug-likeness (QED) is 0.551. The summed E-state index contributed by atoms with van der Waals surface area (Å²) in [6.07, 6.45) is 5.88. The molecule has 4 aromatic rings. The Bertz CT molecular complexity index is 1130. The molecule has 1 fully saturated rings. The zero-order chi connectivity index (χ0) is 18.9. The molecule has 1 aromatic carbocycles. The van der Waals surface area contributed by atoms with Crippen molar-refractivity contribution in [1.82, 2.24) is 19.9 Å². The van der Waals surface area contributed by atoms with Crippen LogP contribution in [0.2, 0.25) is 0 Å². The molecule has 1 aliphatic rings. The van der Waals surface area contributed by atoms with Crippen molar-refractivity contribution in [2.45, 2.75) is 12.8 Å². The van der Waals surface area contributed by atoms with Crippen molar-refractivity contribution < 1.29 is 4.79 Å². The molecule has 0 bridgehead atoms. The fourth-order valence-corrected chi connectivity index (χ4v) is 4.01. The first-order chi connectivity index (χ1) is 13.8. The van der Waals surface area contributed by atoms with Gasteiger partial charge in [-0.1, -0.05) is 6.07 Å². The van der Waals surface area contributed by atoms with Crippen molar-refractivity contribution in [3.05, 3.63) is 53.7 Å². The summed E-state index contributed by atoms with van der Waals surface area (Å²) < 4.78 is 0. The number of para-hydroxylation sites is 1. The van der Waals surface area contributed by atoms with E-state index in [-0.39, 0.29) is 5.91 Å². The van der Waals surface area contributed by atoms with E-state index in [0.29, 0.717) is 16.2 Å². The summed E-state index contributed by atoms with van der Waals surface area (Å²) in [7, 11) is 0. The molecule has 1 amide bonds. The van der Waals surface area contributed by atoms with Gasteiger partial charge in [-0.2, -0.15) is 0 Å². The van der Waals surface area contributed by atoms with E-state index in [2.05, 4.69) is 31.2 Å².